The van der Waals surface area contributed by atoms with Gasteiger partial charge in [-0.25, -0.2) is 4.79 Å². The summed E-state index contributed by atoms with van der Waals surface area (Å²) in [5.41, 5.74) is 6.27. The minimum absolute atomic E-state index is 0.243. The van der Waals surface area contributed by atoms with Crippen LogP contribution in [0, 0.1) is 0 Å². The molecule has 0 radical (unpaired) electrons. The number of aromatic carboxylic acids is 1. The fourth-order valence-electron chi connectivity index (χ4n) is 6.16. The van der Waals surface area contributed by atoms with Gasteiger partial charge in [0.25, 0.3) is 0 Å². The molecule has 1 aliphatic heterocycles. The Bertz CT molecular complexity index is 2030. The molecule has 3 aromatic heterocycles. The van der Waals surface area contributed by atoms with Crippen molar-refractivity contribution in [2.75, 3.05) is 7.11 Å². The monoisotopic (exact) mass is 650 g/mol. The molecule has 1 atom stereocenters. The Morgan fingerprint density at radius 2 is 1.29 bits per heavy atom. The van der Waals surface area contributed by atoms with Crippen LogP contribution in [0.25, 0.3) is 0 Å². The predicted octanol–water partition coefficient (Wildman–Crippen LogP) is 7.65. The van der Waals surface area contributed by atoms with Crippen LogP contribution in [0.2, 0.25) is 0 Å². The number of carboxylic acid groups (broad SMARTS) is 1. The van der Waals surface area contributed by atoms with E-state index < -0.39 is 5.97 Å². The van der Waals surface area contributed by atoms with E-state index in [9.17, 15) is 9.90 Å². The van der Waals surface area contributed by atoms with Crippen molar-refractivity contribution in [2.45, 2.75) is 32.2 Å². The van der Waals surface area contributed by atoms with Gasteiger partial charge in [0.1, 0.15) is 29.6 Å². The molecule has 6 aromatic rings. The molecular weight excluding hydrogens is 616 g/mol. The summed E-state index contributed by atoms with van der Waals surface area (Å²) in [7, 11) is 1.60. The lowest BCUT2D eigenvalue weighted by Crippen LogP contribution is -2.24. The van der Waals surface area contributed by atoms with Crippen molar-refractivity contribution in [1.29, 1.82) is 0 Å². The van der Waals surface area contributed by atoms with Crippen molar-refractivity contribution in [3.8, 4) is 23.0 Å². The van der Waals surface area contributed by atoms with Gasteiger partial charge >= 0.3 is 5.97 Å². The first-order valence-corrected chi connectivity index (χ1v) is 16.0. The van der Waals surface area contributed by atoms with Crippen molar-refractivity contribution < 1.29 is 24.1 Å². The number of rotatable bonds is 12. The van der Waals surface area contributed by atoms with Crippen molar-refractivity contribution in [3.05, 3.63) is 173 Å². The minimum Gasteiger partial charge on any atom is -0.497 e. The fraction of sp³-hybridized carbons (Fsp3) is 0.150. The predicted molar refractivity (Wildman–Crippen MR) is 184 cm³/mol. The van der Waals surface area contributed by atoms with Gasteiger partial charge in [0, 0.05) is 61.2 Å². The number of pyridine rings is 3. The average molecular weight is 651 g/mol. The first-order valence-electron chi connectivity index (χ1n) is 16.0. The van der Waals surface area contributed by atoms with Gasteiger partial charge in [-0.1, -0.05) is 48.5 Å². The number of hydrogen-bond donors (Lipinski definition) is 1. The SMILES string of the molecule is COc1ccc2c(c1)Oc1cc(OCc3cccc(CN(Cc4ccccn4)Cc4ccccn4)n3)ccc1C2c1ccccc1C(=O)O. The molecule has 1 N–H and O–H groups in total. The second kappa shape index (κ2) is 14.4. The van der Waals surface area contributed by atoms with Crippen LogP contribution in [0.3, 0.4) is 0 Å². The largest absolute Gasteiger partial charge is 0.497 e. The summed E-state index contributed by atoms with van der Waals surface area (Å²) in [6.07, 6.45) is 3.61. The van der Waals surface area contributed by atoms with E-state index in [2.05, 4.69) is 14.9 Å². The third-order valence-electron chi connectivity index (χ3n) is 8.41. The number of aromatic nitrogens is 3. The first kappa shape index (κ1) is 31.5. The van der Waals surface area contributed by atoms with Crippen molar-refractivity contribution in [3.63, 3.8) is 0 Å². The summed E-state index contributed by atoms with van der Waals surface area (Å²) >= 11 is 0. The van der Waals surface area contributed by atoms with Gasteiger partial charge < -0.3 is 19.3 Å². The van der Waals surface area contributed by atoms with Crippen LogP contribution in [-0.2, 0) is 26.2 Å². The molecule has 0 saturated heterocycles. The lowest BCUT2D eigenvalue weighted by molar-refractivity contribution is 0.0695. The zero-order valence-corrected chi connectivity index (χ0v) is 26.9. The second-order valence-electron chi connectivity index (χ2n) is 11.7. The van der Waals surface area contributed by atoms with Crippen LogP contribution < -0.4 is 14.2 Å². The van der Waals surface area contributed by atoms with Gasteiger partial charge in [-0.2, -0.15) is 0 Å². The van der Waals surface area contributed by atoms with Crippen LogP contribution >= 0.6 is 0 Å². The minimum atomic E-state index is -0.982. The van der Waals surface area contributed by atoms with E-state index in [1.807, 2.05) is 103 Å². The third kappa shape index (κ3) is 7.27. The highest BCUT2D eigenvalue weighted by Crippen LogP contribution is 2.49. The molecule has 9 heteroatoms. The van der Waals surface area contributed by atoms with E-state index in [0.717, 1.165) is 33.9 Å². The summed E-state index contributed by atoms with van der Waals surface area (Å²) in [4.78, 5) is 28.5. The number of fused-ring (bicyclic) bond motifs is 2. The summed E-state index contributed by atoms with van der Waals surface area (Å²) in [6.45, 7) is 2.17. The Morgan fingerprint density at radius 1 is 0.694 bits per heavy atom. The Morgan fingerprint density at radius 3 is 1.94 bits per heavy atom. The molecule has 0 bridgehead atoms. The van der Waals surface area contributed by atoms with E-state index in [1.54, 1.807) is 31.6 Å². The van der Waals surface area contributed by atoms with Crippen LogP contribution in [0.1, 0.15) is 55.7 Å². The molecule has 1 aliphatic rings. The smallest absolute Gasteiger partial charge is 0.335 e. The molecule has 1 unspecified atom stereocenters. The Kier molecular flexibility index (Phi) is 9.25. The van der Waals surface area contributed by atoms with Gasteiger partial charge in [0.05, 0.1) is 35.4 Å². The highest BCUT2D eigenvalue weighted by molar-refractivity contribution is 5.90. The summed E-state index contributed by atoms with van der Waals surface area (Å²) in [6, 6.07) is 36.2. The number of hydrogen-bond acceptors (Lipinski definition) is 8. The lowest BCUT2D eigenvalue weighted by Gasteiger charge is -2.30. The Labute approximate surface area is 284 Å². The molecule has 0 fully saturated rings. The average Bonchev–Trinajstić information content (AvgIpc) is 3.13. The summed E-state index contributed by atoms with van der Waals surface area (Å²) < 4.78 is 18.1. The van der Waals surface area contributed by atoms with Crippen LogP contribution in [-0.4, -0.2) is 38.0 Å². The summed E-state index contributed by atoms with van der Waals surface area (Å²) in [5, 5.41) is 10.0. The molecule has 0 saturated carbocycles. The first-order chi connectivity index (χ1) is 24.0. The van der Waals surface area contributed by atoms with Gasteiger partial charge in [-0.3, -0.25) is 19.9 Å². The van der Waals surface area contributed by atoms with E-state index in [0.29, 0.717) is 48.2 Å². The van der Waals surface area contributed by atoms with Gasteiger partial charge in [-0.05, 0) is 60.2 Å². The number of carbonyl (C=O) groups is 1. The number of benzene rings is 3. The molecule has 0 spiro atoms. The van der Waals surface area contributed by atoms with Gasteiger partial charge in [0.2, 0.25) is 0 Å². The maximum atomic E-state index is 12.2. The van der Waals surface area contributed by atoms with Crippen molar-refractivity contribution in [1.82, 2.24) is 19.9 Å². The van der Waals surface area contributed by atoms with Gasteiger partial charge in [0.15, 0.2) is 0 Å². The highest BCUT2D eigenvalue weighted by Gasteiger charge is 2.32. The van der Waals surface area contributed by atoms with E-state index in [-0.39, 0.29) is 18.1 Å². The zero-order valence-electron chi connectivity index (χ0n) is 26.9. The maximum absolute atomic E-state index is 12.2. The second-order valence-corrected chi connectivity index (χ2v) is 11.7. The Hall–Kier alpha value is -6.06. The molecule has 3 aromatic carbocycles. The number of ether oxygens (including phenoxy) is 3. The molecule has 0 aliphatic carbocycles. The highest BCUT2D eigenvalue weighted by atomic mass is 16.5. The topological polar surface area (TPSA) is 107 Å². The maximum Gasteiger partial charge on any atom is 0.335 e. The molecule has 49 heavy (non-hydrogen) atoms. The zero-order chi connectivity index (χ0) is 33.6. The normalized spacial score (nSPS) is 13.2. The molecular formula is C40H34N4O5. The van der Waals surface area contributed by atoms with Crippen LogP contribution in [0.4, 0.5) is 0 Å². The molecule has 9 nitrogen and oxygen atoms in total. The third-order valence-corrected chi connectivity index (χ3v) is 8.41. The van der Waals surface area contributed by atoms with Crippen LogP contribution in [0.15, 0.2) is 128 Å². The van der Waals surface area contributed by atoms with Crippen LogP contribution in [0.5, 0.6) is 23.0 Å². The quantitative estimate of drug-likeness (QED) is 0.143. The van der Waals surface area contributed by atoms with E-state index in [4.69, 9.17) is 19.2 Å². The molecule has 4 heterocycles. The number of nitrogens with zero attached hydrogens (tertiary/aromatic N) is 4. The number of carboxylic acids is 1. The van der Waals surface area contributed by atoms with E-state index >= 15 is 0 Å². The Balaban J connectivity index is 1.11. The number of methoxy groups -OCH3 is 1. The molecule has 7 rings (SSSR count). The molecule has 0 amide bonds. The fourth-order valence-corrected chi connectivity index (χ4v) is 6.16. The van der Waals surface area contributed by atoms with Crippen molar-refractivity contribution >= 4 is 5.97 Å². The van der Waals surface area contributed by atoms with Gasteiger partial charge in [-0.15, -0.1) is 0 Å². The standard InChI is InChI=1S/C40H34N4O5/c1-47-31-15-17-35-37(21-31)49-38-22-32(16-18-36(38)39(35)33-13-2-3-14-34(33)40(45)46)48-26-30-12-8-11-29(43-30)25-44(23-27-9-4-6-19-41-27)24-28-10-5-7-20-42-28/h2-22,39H,23-26H2,1H3,(H,45,46). The van der Waals surface area contributed by atoms with E-state index in [1.165, 1.54) is 0 Å². The summed E-state index contributed by atoms with van der Waals surface area (Å²) in [5.74, 6) is 1.10. The lowest BCUT2D eigenvalue weighted by atomic mass is 9.80. The molecule has 244 valence electrons. The van der Waals surface area contributed by atoms with Crippen molar-refractivity contribution in [2.24, 2.45) is 0 Å².